The summed E-state index contributed by atoms with van der Waals surface area (Å²) in [5.41, 5.74) is 8.88. The Morgan fingerprint density at radius 2 is 2.23 bits per heavy atom. The third-order valence-electron chi connectivity index (χ3n) is 4.24. The molecule has 0 atom stereocenters. The van der Waals surface area contributed by atoms with Crippen LogP contribution in [-0.2, 0) is 11.3 Å². The minimum atomic E-state index is 0.621. The van der Waals surface area contributed by atoms with Crippen LogP contribution in [-0.4, -0.2) is 46.7 Å². The number of aromatic nitrogens is 3. The van der Waals surface area contributed by atoms with Gasteiger partial charge in [-0.05, 0) is 45.4 Å². The highest BCUT2D eigenvalue weighted by molar-refractivity contribution is 7.13. The minimum Gasteiger partial charge on any atom is -0.365 e. The first-order chi connectivity index (χ1) is 14.6. The van der Waals surface area contributed by atoms with E-state index in [9.17, 15) is 4.79 Å². The molecule has 7 nitrogen and oxygen atoms in total. The van der Waals surface area contributed by atoms with Crippen molar-refractivity contribution in [1.29, 1.82) is 0 Å². The molecule has 30 heavy (non-hydrogen) atoms. The summed E-state index contributed by atoms with van der Waals surface area (Å²) in [6.45, 7) is 6.24. The van der Waals surface area contributed by atoms with Crippen molar-refractivity contribution in [1.82, 2.24) is 14.5 Å². The molecule has 1 aliphatic heterocycles. The fourth-order valence-corrected chi connectivity index (χ4v) is 3.42. The topological polar surface area (TPSA) is 98.2 Å². The zero-order valence-electron chi connectivity index (χ0n) is 17.8. The fraction of sp³-hybridized carbons (Fsp3) is 0.364. The Hall–Kier alpha value is -2.84. The summed E-state index contributed by atoms with van der Waals surface area (Å²) in [6, 6.07) is 0. The lowest BCUT2D eigenvalue weighted by Gasteiger charge is -2.01. The summed E-state index contributed by atoms with van der Waals surface area (Å²) >= 11 is 1.61. The minimum absolute atomic E-state index is 0.621. The van der Waals surface area contributed by atoms with Crippen molar-refractivity contribution in [3.63, 3.8) is 0 Å². The van der Waals surface area contributed by atoms with E-state index in [1.165, 1.54) is 0 Å². The van der Waals surface area contributed by atoms with Crippen molar-refractivity contribution in [3.05, 3.63) is 58.7 Å². The zero-order valence-corrected chi connectivity index (χ0v) is 18.7. The van der Waals surface area contributed by atoms with Gasteiger partial charge < -0.3 is 15.6 Å². The highest BCUT2D eigenvalue weighted by Gasteiger charge is 2.06. The second-order valence-corrected chi connectivity index (χ2v) is 7.41. The number of aryl methyl sites for hydroxylation is 2. The van der Waals surface area contributed by atoms with E-state index in [-0.39, 0.29) is 0 Å². The van der Waals surface area contributed by atoms with Crippen LogP contribution in [0.1, 0.15) is 37.0 Å². The number of nitrogens with zero attached hydrogens (tertiary/aromatic N) is 4. The third-order valence-corrected chi connectivity index (χ3v) is 5.10. The Kier molecular flexibility index (Phi) is 9.90. The average molecular weight is 427 g/mol. The summed E-state index contributed by atoms with van der Waals surface area (Å²) in [7, 11) is 1.88. The summed E-state index contributed by atoms with van der Waals surface area (Å²) in [6.07, 6.45) is 14.3. The lowest BCUT2D eigenvalue weighted by Crippen LogP contribution is -2.06. The molecule has 0 aromatic carbocycles. The molecule has 8 heteroatoms. The van der Waals surface area contributed by atoms with Crippen LogP contribution in [0.4, 0.5) is 5.13 Å². The van der Waals surface area contributed by atoms with Crippen molar-refractivity contribution < 1.29 is 4.79 Å². The molecule has 2 aromatic heterocycles. The average Bonchev–Trinajstić information content (AvgIpc) is 3.39. The predicted molar refractivity (Wildman–Crippen MR) is 126 cm³/mol. The molecule has 160 valence electrons. The summed E-state index contributed by atoms with van der Waals surface area (Å²) < 4.78 is 2.05. The van der Waals surface area contributed by atoms with Gasteiger partial charge in [0.15, 0.2) is 5.13 Å². The normalized spacial score (nSPS) is 13.7. The molecular formula is C22H30N6OS. The van der Waals surface area contributed by atoms with Crippen molar-refractivity contribution in [2.24, 2.45) is 10.7 Å². The number of imidazole rings is 1. The molecule has 0 fully saturated rings. The summed E-state index contributed by atoms with van der Waals surface area (Å²) in [4.78, 5) is 24.0. The van der Waals surface area contributed by atoms with E-state index in [1.54, 1.807) is 23.5 Å². The van der Waals surface area contributed by atoms with Gasteiger partial charge in [-0.15, -0.1) is 11.3 Å². The fourth-order valence-electron chi connectivity index (χ4n) is 2.75. The van der Waals surface area contributed by atoms with E-state index in [1.807, 2.05) is 44.6 Å². The van der Waals surface area contributed by atoms with Gasteiger partial charge in [-0.1, -0.05) is 18.2 Å². The number of hydrogen-bond donors (Lipinski definition) is 2. The molecule has 0 amide bonds. The highest BCUT2D eigenvalue weighted by Crippen LogP contribution is 2.16. The molecule has 3 rings (SSSR count). The van der Waals surface area contributed by atoms with Crippen molar-refractivity contribution in [2.75, 3.05) is 25.5 Å². The van der Waals surface area contributed by atoms with Crippen LogP contribution < -0.4 is 11.1 Å². The molecule has 0 unspecified atom stereocenters. The predicted octanol–water partition coefficient (Wildman–Crippen LogP) is 3.63. The van der Waals surface area contributed by atoms with Crippen LogP contribution in [0.25, 0.3) is 6.08 Å². The van der Waals surface area contributed by atoms with Crippen molar-refractivity contribution in [3.8, 4) is 0 Å². The number of thiazole rings is 1. The first kappa shape index (κ1) is 23.4. The number of aldehydes is 1. The number of allylic oxidation sites excluding steroid dienone is 4. The third kappa shape index (κ3) is 7.20. The van der Waals surface area contributed by atoms with Crippen LogP contribution in [0.2, 0.25) is 0 Å². The Morgan fingerprint density at radius 3 is 2.83 bits per heavy atom. The number of carbonyl (C=O) groups is 1. The first-order valence-electron chi connectivity index (χ1n) is 9.99. The van der Waals surface area contributed by atoms with Gasteiger partial charge in [0, 0.05) is 37.3 Å². The smallest absolute Gasteiger partial charge is 0.183 e. The van der Waals surface area contributed by atoms with Gasteiger partial charge in [-0.3, -0.25) is 9.79 Å². The van der Waals surface area contributed by atoms with Gasteiger partial charge in [-0.2, -0.15) is 0 Å². The largest absolute Gasteiger partial charge is 0.365 e. The number of hydrogen-bond acceptors (Lipinski definition) is 7. The zero-order chi connectivity index (χ0) is 21.8. The lowest BCUT2D eigenvalue weighted by atomic mass is 10.2. The van der Waals surface area contributed by atoms with Gasteiger partial charge in [-0.25, -0.2) is 9.97 Å². The SMILES string of the molecule is C/C=C\C(C=O)=C/c1cn(CCCN)c(C)n1.CNc1nc(C2=NCCC=C2)cs1. The first-order valence-corrected chi connectivity index (χ1v) is 10.9. The number of nitrogens with one attached hydrogen (secondary N) is 1. The monoisotopic (exact) mass is 426 g/mol. The van der Waals surface area contributed by atoms with Gasteiger partial charge >= 0.3 is 0 Å². The molecule has 0 aliphatic carbocycles. The molecule has 0 bridgehead atoms. The van der Waals surface area contributed by atoms with Crippen LogP contribution in [0, 0.1) is 6.92 Å². The van der Waals surface area contributed by atoms with Gasteiger partial charge in [0.2, 0.25) is 0 Å². The van der Waals surface area contributed by atoms with E-state index in [0.717, 1.165) is 60.3 Å². The molecule has 3 N–H and O–H groups in total. The van der Waals surface area contributed by atoms with E-state index in [0.29, 0.717) is 12.1 Å². The Morgan fingerprint density at radius 1 is 1.40 bits per heavy atom. The number of anilines is 1. The Bertz CT molecular complexity index is 935. The van der Waals surface area contributed by atoms with E-state index in [4.69, 9.17) is 5.73 Å². The summed E-state index contributed by atoms with van der Waals surface area (Å²) in [5, 5.41) is 5.98. The molecule has 0 radical (unpaired) electrons. The lowest BCUT2D eigenvalue weighted by molar-refractivity contribution is -0.104. The Labute approximate surface area is 182 Å². The van der Waals surface area contributed by atoms with Crippen LogP contribution in [0.15, 0.2) is 46.4 Å². The molecule has 0 saturated heterocycles. The second kappa shape index (κ2) is 12.7. The highest BCUT2D eigenvalue weighted by atomic mass is 32.1. The number of dihydropyridines is 1. The number of carbonyl (C=O) groups excluding carboxylic acids is 1. The molecule has 2 aromatic rings. The van der Waals surface area contributed by atoms with Crippen LogP contribution in [0.3, 0.4) is 0 Å². The summed E-state index contributed by atoms with van der Waals surface area (Å²) in [5.74, 6) is 0.940. The Balaban J connectivity index is 0.000000220. The van der Waals surface area contributed by atoms with Gasteiger partial charge in [0.25, 0.3) is 0 Å². The van der Waals surface area contributed by atoms with Gasteiger partial charge in [0.05, 0.1) is 11.4 Å². The maximum atomic E-state index is 10.8. The standard InChI is InChI=1S/C13H19N3O.C9H11N3S/c1-3-5-12(10-17)8-13-9-16(7-4-6-14)11(2)15-13;1-10-9-12-8(6-13-9)7-4-2-3-5-11-7/h3,5,8-10H,4,6-7,14H2,1-2H3;2,4,6H,3,5H2,1H3,(H,10,12)/b5-3-,12-8+;. The maximum Gasteiger partial charge on any atom is 0.183 e. The van der Waals surface area contributed by atoms with E-state index < -0.39 is 0 Å². The molecule has 0 spiro atoms. The number of aliphatic imine (C=N–C) groups is 1. The molecule has 3 heterocycles. The van der Waals surface area contributed by atoms with E-state index in [2.05, 4.69) is 30.9 Å². The van der Waals surface area contributed by atoms with Crippen LogP contribution in [0.5, 0.6) is 0 Å². The number of nitrogens with two attached hydrogens (primary N) is 1. The van der Waals surface area contributed by atoms with Crippen molar-refractivity contribution >= 4 is 34.5 Å². The molecule has 1 aliphatic rings. The van der Waals surface area contributed by atoms with Crippen molar-refractivity contribution in [2.45, 2.75) is 33.2 Å². The molecule has 0 saturated carbocycles. The van der Waals surface area contributed by atoms with Crippen LogP contribution >= 0.6 is 11.3 Å². The van der Waals surface area contributed by atoms with Gasteiger partial charge in [0.1, 0.15) is 17.8 Å². The maximum absolute atomic E-state index is 10.8. The second-order valence-electron chi connectivity index (χ2n) is 6.56. The quantitative estimate of drug-likeness (QED) is 0.382. The number of rotatable bonds is 8. The molecular weight excluding hydrogens is 396 g/mol. The van der Waals surface area contributed by atoms with E-state index >= 15 is 0 Å².